The molecule has 128 valence electrons. The molecule has 7 heteroatoms. The summed E-state index contributed by atoms with van der Waals surface area (Å²) in [5.41, 5.74) is 2.07. The third-order valence-corrected chi connectivity index (χ3v) is 5.07. The van der Waals surface area contributed by atoms with Crippen LogP contribution >= 0.6 is 11.5 Å². The van der Waals surface area contributed by atoms with Crippen LogP contribution in [0.25, 0.3) is 0 Å². The van der Waals surface area contributed by atoms with E-state index >= 15 is 0 Å². The molecule has 0 atom stereocenters. The van der Waals surface area contributed by atoms with Crippen molar-refractivity contribution in [3.05, 3.63) is 40.4 Å². The second-order valence-electron chi connectivity index (χ2n) is 5.82. The minimum absolute atomic E-state index is 0.0750. The highest BCUT2D eigenvalue weighted by atomic mass is 32.1. The van der Waals surface area contributed by atoms with Gasteiger partial charge in [0.25, 0.3) is 5.91 Å². The molecule has 0 aliphatic carbocycles. The van der Waals surface area contributed by atoms with E-state index < -0.39 is 0 Å². The van der Waals surface area contributed by atoms with Crippen molar-refractivity contribution in [2.75, 3.05) is 33.3 Å². The number of hydrogen-bond donors (Lipinski definition) is 0. The van der Waals surface area contributed by atoms with E-state index in [-0.39, 0.29) is 5.91 Å². The predicted molar refractivity (Wildman–Crippen MR) is 93.5 cm³/mol. The Hall–Kier alpha value is -1.99. The molecule has 1 aromatic heterocycles. The molecule has 0 spiro atoms. The molecule has 1 fully saturated rings. The largest absolute Gasteiger partial charge is 0.497 e. The first-order valence-electron chi connectivity index (χ1n) is 8.17. The third-order valence-electron chi connectivity index (χ3n) is 4.31. The second kappa shape index (κ2) is 7.72. The van der Waals surface area contributed by atoms with Crippen molar-refractivity contribution in [2.45, 2.75) is 19.9 Å². The lowest BCUT2D eigenvalue weighted by molar-refractivity contribution is 0.0632. The SMILES string of the molecule is CCc1nnsc1C(=O)N1CCN(Cc2ccc(OC)cc2)CC1. The summed E-state index contributed by atoms with van der Waals surface area (Å²) in [5.74, 6) is 0.949. The van der Waals surface area contributed by atoms with E-state index in [9.17, 15) is 4.79 Å². The highest BCUT2D eigenvalue weighted by Gasteiger charge is 2.25. The Morgan fingerprint density at radius 1 is 1.21 bits per heavy atom. The predicted octanol–water partition coefficient (Wildman–Crippen LogP) is 2.07. The Bertz CT molecular complexity index is 678. The average molecular weight is 346 g/mol. The summed E-state index contributed by atoms with van der Waals surface area (Å²) in [5, 5.41) is 4.04. The van der Waals surface area contributed by atoms with Crippen molar-refractivity contribution in [1.29, 1.82) is 0 Å². The number of ether oxygens (including phenoxy) is 1. The van der Waals surface area contributed by atoms with E-state index in [1.807, 2.05) is 24.0 Å². The van der Waals surface area contributed by atoms with E-state index in [4.69, 9.17) is 4.74 Å². The molecule has 2 heterocycles. The number of carbonyl (C=O) groups excluding carboxylic acids is 1. The summed E-state index contributed by atoms with van der Waals surface area (Å²) in [6.45, 7) is 6.15. The molecular formula is C17H22N4O2S. The topological polar surface area (TPSA) is 58.6 Å². The lowest BCUT2D eigenvalue weighted by Gasteiger charge is -2.34. The molecule has 1 aliphatic rings. The number of benzene rings is 1. The van der Waals surface area contributed by atoms with Crippen LogP contribution in [0.1, 0.15) is 27.9 Å². The van der Waals surface area contributed by atoms with Crippen LogP contribution in [0.3, 0.4) is 0 Å². The van der Waals surface area contributed by atoms with Crippen LogP contribution in [0.2, 0.25) is 0 Å². The molecule has 0 radical (unpaired) electrons. The van der Waals surface area contributed by atoms with Gasteiger partial charge in [0.2, 0.25) is 0 Å². The maximum Gasteiger partial charge on any atom is 0.267 e. The van der Waals surface area contributed by atoms with Crippen molar-refractivity contribution < 1.29 is 9.53 Å². The number of aromatic nitrogens is 2. The molecular weight excluding hydrogens is 324 g/mol. The molecule has 0 N–H and O–H groups in total. The fourth-order valence-corrected chi connectivity index (χ4v) is 3.56. The van der Waals surface area contributed by atoms with E-state index in [2.05, 4.69) is 26.6 Å². The minimum atomic E-state index is 0.0750. The molecule has 0 bridgehead atoms. The number of nitrogens with zero attached hydrogens (tertiary/aromatic N) is 4. The van der Waals surface area contributed by atoms with E-state index in [0.29, 0.717) is 4.88 Å². The van der Waals surface area contributed by atoms with Gasteiger partial charge in [0.05, 0.1) is 12.8 Å². The lowest BCUT2D eigenvalue weighted by atomic mass is 10.2. The molecule has 1 aliphatic heterocycles. The lowest BCUT2D eigenvalue weighted by Crippen LogP contribution is -2.48. The van der Waals surface area contributed by atoms with Crippen LogP contribution in [-0.4, -0.2) is 58.6 Å². The van der Waals surface area contributed by atoms with Gasteiger partial charge in [0, 0.05) is 32.7 Å². The quantitative estimate of drug-likeness (QED) is 0.829. The molecule has 3 rings (SSSR count). The Morgan fingerprint density at radius 2 is 1.92 bits per heavy atom. The molecule has 2 aromatic rings. The van der Waals surface area contributed by atoms with Crippen molar-refractivity contribution in [1.82, 2.24) is 19.4 Å². The zero-order valence-corrected chi connectivity index (χ0v) is 14.9. The molecule has 0 saturated carbocycles. The number of amides is 1. The Morgan fingerprint density at radius 3 is 2.54 bits per heavy atom. The molecule has 24 heavy (non-hydrogen) atoms. The summed E-state index contributed by atoms with van der Waals surface area (Å²) >= 11 is 1.20. The summed E-state index contributed by atoms with van der Waals surface area (Å²) in [6, 6.07) is 8.15. The van der Waals surface area contributed by atoms with Crippen LogP contribution in [0.5, 0.6) is 5.75 Å². The van der Waals surface area contributed by atoms with Crippen molar-refractivity contribution >= 4 is 17.4 Å². The van der Waals surface area contributed by atoms with Gasteiger partial charge in [-0.25, -0.2) is 0 Å². The van der Waals surface area contributed by atoms with Gasteiger partial charge >= 0.3 is 0 Å². The van der Waals surface area contributed by atoms with Crippen LogP contribution in [0.15, 0.2) is 24.3 Å². The second-order valence-corrected chi connectivity index (χ2v) is 6.57. The van der Waals surface area contributed by atoms with E-state index in [0.717, 1.165) is 50.6 Å². The number of piperazine rings is 1. The van der Waals surface area contributed by atoms with Gasteiger partial charge in [-0.1, -0.05) is 23.5 Å². The summed E-state index contributed by atoms with van der Waals surface area (Å²) in [4.78, 5) is 17.6. The molecule has 6 nitrogen and oxygen atoms in total. The number of carbonyl (C=O) groups is 1. The third kappa shape index (κ3) is 3.73. The Kier molecular flexibility index (Phi) is 5.42. The summed E-state index contributed by atoms with van der Waals surface area (Å²) in [7, 11) is 1.67. The molecule has 0 unspecified atom stereocenters. The zero-order valence-electron chi connectivity index (χ0n) is 14.1. The number of rotatable bonds is 5. The Balaban J connectivity index is 1.54. The molecule has 1 saturated heterocycles. The standard InChI is InChI=1S/C17H22N4O2S/c1-3-15-16(24-19-18-15)17(22)21-10-8-20(9-11-21)12-13-4-6-14(23-2)7-5-13/h4-7H,3,8-12H2,1-2H3. The summed E-state index contributed by atoms with van der Waals surface area (Å²) < 4.78 is 9.10. The first-order chi connectivity index (χ1) is 11.7. The van der Waals surface area contributed by atoms with Gasteiger partial charge in [0.1, 0.15) is 10.6 Å². The first-order valence-corrected chi connectivity index (χ1v) is 8.94. The van der Waals surface area contributed by atoms with Gasteiger partial charge in [-0.05, 0) is 35.6 Å². The van der Waals surface area contributed by atoms with Gasteiger partial charge in [-0.2, -0.15) is 0 Å². The minimum Gasteiger partial charge on any atom is -0.497 e. The van der Waals surface area contributed by atoms with Gasteiger partial charge < -0.3 is 9.64 Å². The number of aryl methyl sites for hydroxylation is 1. The monoisotopic (exact) mass is 346 g/mol. The van der Waals surface area contributed by atoms with Crippen LogP contribution in [-0.2, 0) is 13.0 Å². The molecule has 1 aromatic carbocycles. The van der Waals surface area contributed by atoms with E-state index in [1.165, 1.54) is 17.1 Å². The van der Waals surface area contributed by atoms with E-state index in [1.54, 1.807) is 7.11 Å². The highest BCUT2D eigenvalue weighted by Crippen LogP contribution is 2.17. The smallest absolute Gasteiger partial charge is 0.267 e. The fourth-order valence-electron chi connectivity index (χ4n) is 2.84. The van der Waals surface area contributed by atoms with Gasteiger partial charge in [-0.3, -0.25) is 9.69 Å². The van der Waals surface area contributed by atoms with Crippen LogP contribution in [0, 0.1) is 0 Å². The normalized spacial score (nSPS) is 15.5. The van der Waals surface area contributed by atoms with Crippen molar-refractivity contribution in [3.8, 4) is 5.75 Å². The number of hydrogen-bond acceptors (Lipinski definition) is 6. The van der Waals surface area contributed by atoms with Crippen molar-refractivity contribution in [2.24, 2.45) is 0 Å². The molecule has 1 amide bonds. The maximum atomic E-state index is 12.6. The van der Waals surface area contributed by atoms with Crippen molar-refractivity contribution in [3.63, 3.8) is 0 Å². The highest BCUT2D eigenvalue weighted by molar-refractivity contribution is 7.08. The van der Waals surface area contributed by atoms with Crippen LogP contribution < -0.4 is 4.74 Å². The zero-order chi connectivity index (χ0) is 16.9. The first kappa shape index (κ1) is 16.9. The van der Waals surface area contributed by atoms with Gasteiger partial charge in [0.15, 0.2) is 0 Å². The van der Waals surface area contributed by atoms with Gasteiger partial charge in [-0.15, -0.1) is 5.10 Å². The average Bonchev–Trinajstić information content (AvgIpc) is 3.11. The summed E-state index contributed by atoms with van der Waals surface area (Å²) in [6.07, 6.45) is 0.745. The number of methoxy groups -OCH3 is 1. The van der Waals surface area contributed by atoms with Crippen LogP contribution in [0.4, 0.5) is 0 Å². The maximum absolute atomic E-state index is 12.6. The fraction of sp³-hybridized carbons (Fsp3) is 0.471. The Labute approximate surface area is 146 Å².